The highest BCUT2D eigenvalue weighted by atomic mass is 16.2. The van der Waals surface area contributed by atoms with Gasteiger partial charge in [-0.15, -0.1) is 0 Å². The highest BCUT2D eigenvalue weighted by Gasteiger charge is 2.36. The number of aryl methyl sites for hydroxylation is 1. The van der Waals surface area contributed by atoms with Crippen molar-refractivity contribution < 1.29 is 0 Å². The second kappa shape index (κ2) is 5.20. The van der Waals surface area contributed by atoms with E-state index in [4.69, 9.17) is 0 Å². The van der Waals surface area contributed by atoms with Crippen molar-refractivity contribution >= 4 is 22.5 Å². The minimum Gasteiger partial charge on any atom is -0.366 e. The molecule has 9 heteroatoms. The van der Waals surface area contributed by atoms with Crippen molar-refractivity contribution in [3.05, 3.63) is 45.1 Å². The molecule has 134 valence electrons. The van der Waals surface area contributed by atoms with Crippen LogP contribution in [0.4, 0.5) is 11.4 Å². The molecule has 5 heterocycles. The lowest BCUT2D eigenvalue weighted by Crippen LogP contribution is -2.42. The Morgan fingerprint density at radius 3 is 2.92 bits per heavy atom. The number of aromatic amines is 1. The van der Waals surface area contributed by atoms with Crippen LogP contribution in [0.25, 0.3) is 11.2 Å². The summed E-state index contributed by atoms with van der Waals surface area (Å²) in [6.07, 6.45) is 4.78. The first-order chi connectivity index (χ1) is 12.5. The van der Waals surface area contributed by atoms with Crippen molar-refractivity contribution in [3.63, 3.8) is 0 Å². The van der Waals surface area contributed by atoms with Gasteiger partial charge in [0.2, 0.25) is 0 Å². The molecule has 1 N–H and O–H groups in total. The molecule has 0 aliphatic carbocycles. The fraction of sp³-hybridized carbons (Fsp3) is 0.412. The van der Waals surface area contributed by atoms with Crippen LogP contribution in [-0.4, -0.2) is 43.2 Å². The largest absolute Gasteiger partial charge is 0.366 e. The summed E-state index contributed by atoms with van der Waals surface area (Å²) in [7, 11) is 3.11. The molecule has 1 fully saturated rings. The van der Waals surface area contributed by atoms with E-state index in [1.807, 2.05) is 12.3 Å². The molecule has 1 saturated heterocycles. The van der Waals surface area contributed by atoms with E-state index in [9.17, 15) is 9.59 Å². The molecule has 2 aliphatic rings. The van der Waals surface area contributed by atoms with Gasteiger partial charge < -0.3 is 14.8 Å². The lowest BCUT2D eigenvalue weighted by molar-refractivity contribution is 0.616. The number of pyridine rings is 1. The van der Waals surface area contributed by atoms with Crippen molar-refractivity contribution in [2.24, 2.45) is 14.1 Å². The van der Waals surface area contributed by atoms with E-state index in [1.54, 1.807) is 13.2 Å². The molecule has 1 atom stereocenters. The van der Waals surface area contributed by atoms with Crippen LogP contribution in [0, 0.1) is 0 Å². The van der Waals surface area contributed by atoms with Gasteiger partial charge in [-0.05, 0) is 12.5 Å². The molecular weight excluding hydrogens is 334 g/mol. The molecule has 0 aromatic carbocycles. The number of anilines is 2. The van der Waals surface area contributed by atoms with Gasteiger partial charge in [0.1, 0.15) is 11.3 Å². The first-order valence-electron chi connectivity index (χ1n) is 8.65. The van der Waals surface area contributed by atoms with Crippen molar-refractivity contribution in [2.45, 2.75) is 19.0 Å². The molecule has 2 aliphatic heterocycles. The van der Waals surface area contributed by atoms with Crippen LogP contribution in [-0.2, 0) is 20.6 Å². The Balaban J connectivity index is 1.61. The lowest BCUT2D eigenvalue weighted by atomic mass is 10.1. The maximum Gasteiger partial charge on any atom is 0.332 e. The Kier molecular flexibility index (Phi) is 3.03. The number of hydrogen-bond acceptors (Lipinski definition) is 6. The van der Waals surface area contributed by atoms with Crippen LogP contribution < -0.4 is 21.0 Å². The zero-order chi connectivity index (χ0) is 18.0. The smallest absolute Gasteiger partial charge is 0.332 e. The maximum absolute atomic E-state index is 12.4. The van der Waals surface area contributed by atoms with Crippen molar-refractivity contribution in [1.29, 1.82) is 0 Å². The molecule has 3 aromatic rings. The van der Waals surface area contributed by atoms with E-state index in [0.717, 1.165) is 35.5 Å². The molecule has 9 nitrogen and oxygen atoms in total. The fourth-order valence-corrected chi connectivity index (χ4v) is 4.10. The Hall–Kier alpha value is -3.10. The average molecular weight is 353 g/mol. The first kappa shape index (κ1) is 15.2. The van der Waals surface area contributed by atoms with E-state index in [0.29, 0.717) is 29.6 Å². The average Bonchev–Trinajstić information content (AvgIpc) is 3.27. The summed E-state index contributed by atoms with van der Waals surface area (Å²) in [5.74, 6) is 0.682. The van der Waals surface area contributed by atoms with Crippen molar-refractivity contribution in [2.75, 3.05) is 22.9 Å². The zero-order valence-electron chi connectivity index (χ0n) is 14.6. The van der Waals surface area contributed by atoms with Gasteiger partial charge in [-0.2, -0.15) is 0 Å². The summed E-state index contributed by atoms with van der Waals surface area (Å²) >= 11 is 0. The van der Waals surface area contributed by atoms with Gasteiger partial charge in [0.25, 0.3) is 5.56 Å². The minimum absolute atomic E-state index is 0.350. The van der Waals surface area contributed by atoms with Crippen molar-refractivity contribution in [3.8, 4) is 0 Å². The SMILES string of the molecule is Cn1c(=O)c2[nH]c(CN3c4ccncc4N4CCC3C4)nc2n(C)c1=O. The Morgan fingerprint density at radius 1 is 1.23 bits per heavy atom. The lowest BCUT2D eigenvalue weighted by Gasteiger charge is -2.37. The van der Waals surface area contributed by atoms with Gasteiger partial charge in [-0.25, -0.2) is 9.78 Å². The summed E-state index contributed by atoms with van der Waals surface area (Å²) < 4.78 is 2.50. The summed E-state index contributed by atoms with van der Waals surface area (Å²) in [5.41, 5.74) is 2.31. The second-order valence-electron chi connectivity index (χ2n) is 6.97. The predicted octanol–water partition coefficient (Wildman–Crippen LogP) is -0.0458. The quantitative estimate of drug-likeness (QED) is 0.695. The maximum atomic E-state index is 12.4. The van der Waals surface area contributed by atoms with E-state index < -0.39 is 0 Å². The number of fused-ring (bicyclic) bond motifs is 5. The second-order valence-corrected chi connectivity index (χ2v) is 6.97. The van der Waals surface area contributed by atoms with Gasteiger partial charge >= 0.3 is 5.69 Å². The van der Waals surface area contributed by atoms with Gasteiger partial charge in [0.15, 0.2) is 5.65 Å². The normalized spacial score (nSPS) is 18.6. The molecule has 0 amide bonds. The summed E-state index contributed by atoms with van der Waals surface area (Å²) in [6, 6.07) is 2.43. The number of imidazole rings is 1. The third-order valence-electron chi connectivity index (χ3n) is 5.50. The molecule has 0 saturated carbocycles. The van der Waals surface area contributed by atoms with Gasteiger partial charge in [0.05, 0.1) is 24.1 Å². The topological polar surface area (TPSA) is 92.1 Å². The molecule has 3 aromatic heterocycles. The van der Waals surface area contributed by atoms with Crippen LogP contribution >= 0.6 is 0 Å². The third kappa shape index (κ3) is 1.97. The predicted molar refractivity (Wildman–Crippen MR) is 97.6 cm³/mol. The minimum atomic E-state index is -0.374. The third-order valence-corrected chi connectivity index (χ3v) is 5.50. The van der Waals surface area contributed by atoms with Crippen LogP contribution in [0.2, 0.25) is 0 Å². The summed E-state index contributed by atoms with van der Waals surface area (Å²) in [4.78, 5) is 41.1. The molecule has 26 heavy (non-hydrogen) atoms. The molecule has 2 bridgehead atoms. The van der Waals surface area contributed by atoms with Crippen LogP contribution in [0.5, 0.6) is 0 Å². The number of nitrogens with one attached hydrogen (secondary N) is 1. The van der Waals surface area contributed by atoms with Gasteiger partial charge in [-0.1, -0.05) is 0 Å². The molecule has 0 spiro atoms. The van der Waals surface area contributed by atoms with E-state index in [1.165, 1.54) is 11.6 Å². The van der Waals surface area contributed by atoms with Crippen LogP contribution in [0.1, 0.15) is 12.2 Å². The standard InChI is InChI=1S/C17H19N7O2/c1-21-15-14(16(25)22(2)17(21)26)19-13(20-15)9-24-10-4-6-23(8-10)12-7-18-5-3-11(12)24/h3,5,7,10H,4,6,8-9H2,1-2H3,(H,19,20). The van der Waals surface area contributed by atoms with Crippen LogP contribution in [0.15, 0.2) is 28.0 Å². The Morgan fingerprint density at radius 2 is 2.08 bits per heavy atom. The van der Waals surface area contributed by atoms with Crippen LogP contribution in [0.3, 0.4) is 0 Å². The number of nitrogens with zero attached hydrogens (tertiary/aromatic N) is 6. The number of H-pyrrole nitrogens is 1. The van der Waals surface area contributed by atoms with E-state index >= 15 is 0 Å². The van der Waals surface area contributed by atoms with Crippen molar-refractivity contribution in [1.82, 2.24) is 24.1 Å². The fourth-order valence-electron chi connectivity index (χ4n) is 4.10. The summed E-state index contributed by atoms with van der Waals surface area (Å²) in [6.45, 7) is 2.55. The van der Waals surface area contributed by atoms with E-state index in [-0.39, 0.29) is 11.2 Å². The molecule has 0 radical (unpaired) electrons. The van der Waals surface area contributed by atoms with E-state index in [2.05, 4.69) is 24.8 Å². The Bertz CT molecular complexity index is 1140. The number of aromatic nitrogens is 5. The highest BCUT2D eigenvalue weighted by Crippen LogP contribution is 2.39. The molecular formula is C17H19N7O2. The monoisotopic (exact) mass is 353 g/mol. The number of hydrogen-bond donors (Lipinski definition) is 1. The zero-order valence-corrected chi connectivity index (χ0v) is 14.6. The number of rotatable bonds is 2. The molecule has 1 unspecified atom stereocenters. The highest BCUT2D eigenvalue weighted by molar-refractivity contribution is 5.74. The van der Waals surface area contributed by atoms with Gasteiger partial charge in [-0.3, -0.25) is 18.9 Å². The Labute approximate surface area is 148 Å². The van der Waals surface area contributed by atoms with Gasteiger partial charge in [0, 0.05) is 39.4 Å². The molecule has 5 rings (SSSR count). The summed E-state index contributed by atoms with van der Waals surface area (Å²) in [5, 5.41) is 0. The first-order valence-corrected chi connectivity index (χ1v) is 8.65.